The van der Waals surface area contributed by atoms with E-state index < -0.39 is 10.0 Å². The second kappa shape index (κ2) is 9.92. The molecule has 0 spiro atoms. The maximum absolute atomic E-state index is 11.0. The van der Waals surface area contributed by atoms with Crippen molar-refractivity contribution in [3.8, 4) is 0 Å². The number of guanidine groups is 1. The Morgan fingerprint density at radius 2 is 1.86 bits per heavy atom. The van der Waals surface area contributed by atoms with Gasteiger partial charge in [0.1, 0.15) is 0 Å². The minimum atomic E-state index is -3.13. The molecule has 0 aromatic heterocycles. The van der Waals surface area contributed by atoms with Crippen LogP contribution in [-0.4, -0.2) is 46.3 Å². The van der Waals surface area contributed by atoms with Gasteiger partial charge in [0.25, 0.3) is 0 Å². The Hall–Kier alpha value is -0.0900. The third-order valence-corrected chi connectivity index (χ3v) is 4.50. The summed E-state index contributed by atoms with van der Waals surface area (Å²) in [7, 11) is -3.13. The number of hydrogen-bond donors (Lipinski definition) is 3. The lowest BCUT2D eigenvalue weighted by Crippen LogP contribution is -2.46. The van der Waals surface area contributed by atoms with E-state index in [-0.39, 0.29) is 24.0 Å². The van der Waals surface area contributed by atoms with Crippen LogP contribution in [0.25, 0.3) is 0 Å². The van der Waals surface area contributed by atoms with E-state index in [1.54, 1.807) is 0 Å². The molecule has 1 fully saturated rings. The van der Waals surface area contributed by atoms with Crippen LogP contribution in [0.15, 0.2) is 4.99 Å². The second-order valence-electron chi connectivity index (χ2n) is 6.51. The standard InChI is InChI=1S/C14H30N4O2S.HI/c1-5-15-13(16-10-11-17-21(4,19)20)18-12-6-8-14(2,3)9-7-12;/h12,17H,5-11H2,1-4H3,(H2,15,16,18);1H. The molecule has 0 saturated heterocycles. The molecule has 0 heterocycles. The van der Waals surface area contributed by atoms with Crippen LogP contribution in [0.1, 0.15) is 46.5 Å². The van der Waals surface area contributed by atoms with E-state index in [2.05, 4.69) is 34.2 Å². The maximum atomic E-state index is 11.0. The lowest BCUT2D eigenvalue weighted by Gasteiger charge is -2.35. The fourth-order valence-corrected chi connectivity index (χ4v) is 2.92. The molecule has 1 saturated carbocycles. The monoisotopic (exact) mass is 446 g/mol. The van der Waals surface area contributed by atoms with E-state index in [9.17, 15) is 8.42 Å². The van der Waals surface area contributed by atoms with Crippen molar-refractivity contribution in [2.24, 2.45) is 10.4 Å². The Balaban J connectivity index is 0.00000441. The summed E-state index contributed by atoms with van der Waals surface area (Å²) in [6.45, 7) is 8.21. The third-order valence-electron chi connectivity index (χ3n) is 3.77. The topological polar surface area (TPSA) is 82.6 Å². The summed E-state index contributed by atoms with van der Waals surface area (Å²) in [5, 5.41) is 6.66. The molecule has 6 nitrogen and oxygen atoms in total. The summed E-state index contributed by atoms with van der Waals surface area (Å²) in [6, 6.07) is 0.457. The quantitative estimate of drug-likeness (QED) is 0.251. The highest BCUT2D eigenvalue weighted by Crippen LogP contribution is 2.34. The number of nitrogens with one attached hydrogen (secondary N) is 3. The smallest absolute Gasteiger partial charge is 0.208 e. The van der Waals surface area contributed by atoms with Gasteiger partial charge >= 0.3 is 0 Å². The van der Waals surface area contributed by atoms with Crippen molar-refractivity contribution in [3.63, 3.8) is 0 Å². The van der Waals surface area contributed by atoms with Gasteiger partial charge in [-0.25, -0.2) is 13.1 Å². The van der Waals surface area contributed by atoms with Crippen LogP contribution in [0, 0.1) is 5.41 Å². The summed E-state index contributed by atoms with van der Waals surface area (Å²) < 4.78 is 24.4. The molecular weight excluding hydrogens is 415 g/mol. The third kappa shape index (κ3) is 9.83. The summed E-state index contributed by atoms with van der Waals surface area (Å²) >= 11 is 0. The molecule has 0 radical (unpaired) electrons. The SMILES string of the molecule is CCNC(=NCCNS(C)(=O)=O)NC1CCC(C)(C)CC1.I. The molecule has 0 bridgehead atoms. The number of rotatable bonds is 6. The molecule has 1 aliphatic rings. The van der Waals surface area contributed by atoms with Crippen molar-refractivity contribution in [2.75, 3.05) is 25.9 Å². The van der Waals surface area contributed by atoms with Gasteiger partial charge in [0.2, 0.25) is 10.0 Å². The van der Waals surface area contributed by atoms with E-state index in [0.29, 0.717) is 24.5 Å². The number of aliphatic imine (C=N–C) groups is 1. The summed E-state index contributed by atoms with van der Waals surface area (Å²) in [5.74, 6) is 0.775. The number of sulfonamides is 1. The van der Waals surface area contributed by atoms with E-state index in [0.717, 1.165) is 31.6 Å². The van der Waals surface area contributed by atoms with Crippen LogP contribution in [0.5, 0.6) is 0 Å². The van der Waals surface area contributed by atoms with Crippen molar-refractivity contribution >= 4 is 40.0 Å². The van der Waals surface area contributed by atoms with Gasteiger partial charge in [-0.15, -0.1) is 24.0 Å². The predicted octanol–water partition coefficient (Wildman–Crippen LogP) is 1.68. The molecule has 0 aromatic rings. The van der Waals surface area contributed by atoms with E-state index >= 15 is 0 Å². The maximum Gasteiger partial charge on any atom is 0.208 e. The zero-order chi connectivity index (χ0) is 15.9. The van der Waals surface area contributed by atoms with Gasteiger partial charge in [-0.1, -0.05) is 13.8 Å². The van der Waals surface area contributed by atoms with Gasteiger partial charge in [-0.05, 0) is 38.0 Å². The zero-order valence-corrected chi connectivity index (χ0v) is 17.3. The van der Waals surface area contributed by atoms with Gasteiger partial charge in [-0.2, -0.15) is 0 Å². The Kier molecular flexibility index (Phi) is 9.88. The highest BCUT2D eigenvalue weighted by Gasteiger charge is 2.27. The summed E-state index contributed by atoms with van der Waals surface area (Å²) in [6.07, 6.45) is 5.90. The molecule has 0 aliphatic heterocycles. The highest BCUT2D eigenvalue weighted by atomic mass is 127. The van der Waals surface area contributed by atoms with Crippen LogP contribution in [-0.2, 0) is 10.0 Å². The molecule has 1 rings (SSSR count). The summed E-state index contributed by atoms with van der Waals surface area (Å²) in [5.41, 5.74) is 0.451. The molecular formula is C14H31IN4O2S. The first-order chi connectivity index (χ1) is 9.72. The number of nitrogens with zero attached hydrogens (tertiary/aromatic N) is 1. The molecule has 0 aromatic carbocycles. The molecule has 22 heavy (non-hydrogen) atoms. The molecule has 3 N–H and O–H groups in total. The van der Waals surface area contributed by atoms with Crippen molar-refractivity contribution in [1.29, 1.82) is 0 Å². The van der Waals surface area contributed by atoms with Crippen LogP contribution < -0.4 is 15.4 Å². The predicted molar refractivity (Wildman–Crippen MR) is 103 cm³/mol. The van der Waals surface area contributed by atoms with E-state index in [4.69, 9.17) is 0 Å². The molecule has 132 valence electrons. The summed E-state index contributed by atoms with van der Waals surface area (Å²) in [4.78, 5) is 4.41. The Morgan fingerprint density at radius 1 is 1.27 bits per heavy atom. The largest absolute Gasteiger partial charge is 0.357 e. The lowest BCUT2D eigenvalue weighted by molar-refractivity contribution is 0.216. The first-order valence-electron chi connectivity index (χ1n) is 7.71. The van der Waals surface area contributed by atoms with E-state index in [1.165, 1.54) is 12.8 Å². The zero-order valence-electron chi connectivity index (χ0n) is 14.1. The first kappa shape index (κ1) is 21.9. The van der Waals surface area contributed by atoms with Crippen molar-refractivity contribution in [2.45, 2.75) is 52.5 Å². The molecule has 0 atom stereocenters. The van der Waals surface area contributed by atoms with Gasteiger partial charge in [0.05, 0.1) is 12.8 Å². The fraction of sp³-hybridized carbons (Fsp3) is 0.929. The number of hydrogen-bond acceptors (Lipinski definition) is 3. The molecule has 0 amide bonds. The van der Waals surface area contributed by atoms with Gasteiger partial charge < -0.3 is 10.6 Å². The molecule has 8 heteroatoms. The minimum absolute atomic E-state index is 0. The lowest BCUT2D eigenvalue weighted by atomic mass is 9.75. The fourth-order valence-electron chi connectivity index (χ4n) is 2.46. The highest BCUT2D eigenvalue weighted by molar-refractivity contribution is 14.0. The Morgan fingerprint density at radius 3 is 2.36 bits per heavy atom. The van der Waals surface area contributed by atoms with Gasteiger partial charge in [0.15, 0.2) is 5.96 Å². The number of halogens is 1. The van der Waals surface area contributed by atoms with Crippen LogP contribution >= 0.6 is 24.0 Å². The second-order valence-corrected chi connectivity index (χ2v) is 8.34. The Bertz CT molecular complexity index is 442. The van der Waals surface area contributed by atoms with Crippen molar-refractivity contribution in [1.82, 2.24) is 15.4 Å². The van der Waals surface area contributed by atoms with Gasteiger partial charge in [-0.3, -0.25) is 4.99 Å². The minimum Gasteiger partial charge on any atom is -0.357 e. The van der Waals surface area contributed by atoms with Crippen LogP contribution in [0.3, 0.4) is 0 Å². The van der Waals surface area contributed by atoms with E-state index in [1.807, 2.05) is 6.92 Å². The normalized spacial score (nSPS) is 19.4. The molecule has 0 unspecified atom stereocenters. The first-order valence-corrected chi connectivity index (χ1v) is 9.60. The molecule has 1 aliphatic carbocycles. The Labute approximate surface area is 152 Å². The van der Waals surface area contributed by atoms with Crippen molar-refractivity contribution < 1.29 is 8.42 Å². The van der Waals surface area contributed by atoms with Gasteiger partial charge in [0, 0.05) is 19.1 Å². The van der Waals surface area contributed by atoms with Crippen molar-refractivity contribution in [3.05, 3.63) is 0 Å². The average molecular weight is 446 g/mol. The van der Waals surface area contributed by atoms with Crippen LogP contribution in [0.2, 0.25) is 0 Å². The van der Waals surface area contributed by atoms with Crippen LogP contribution in [0.4, 0.5) is 0 Å². The average Bonchev–Trinajstić information content (AvgIpc) is 2.36.